The fourth-order valence-corrected chi connectivity index (χ4v) is 3.10. The molecule has 0 bridgehead atoms. The summed E-state index contributed by atoms with van der Waals surface area (Å²) >= 11 is 0. The van der Waals surface area contributed by atoms with Crippen LogP contribution in [0.2, 0.25) is 0 Å². The zero-order valence-corrected chi connectivity index (χ0v) is 14.9. The van der Waals surface area contributed by atoms with Gasteiger partial charge in [0, 0.05) is 16.9 Å². The van der Waals surface area contributed by atoms with E-state index in [1.807, 2.05) is 48.5 Å². The quantitative estimate of drug-likeness (QED) is 0.768. The molecule has 3 rings (SSSR count). The van der Waals surface area contributed by atoms with Crippen LogP contribution in [0.4, 0.5) is 5.69 Å². The van der Waals surface area contributed by atoms with Crippen molar-refractivity contribution in [3.63, 3.8) is 0 Å². The molecule has 0 aliphatic heterocycles. The van der Waals surface area contributed by atoms with Crippen LogP contribution >= 0.6 is 0 Å². The highest BCUT2D eigenvalue weighted by atomic mass is 32.2. The average Bonchev–Trinajstić information content (AvgIpc) is 2.63. The number of hydrogen-bond donors (Lipinski definition) is 3. The first-order chi connectivity index (χ1) is 12.4. The Kier molecular flexibility index (Phi) is 6.71. The SMILES string of the molecule is NC1=CC=CCC1S(N)(=O)=O.O=C(Nc1ccccc1)c1ccccc1. The Balaban J connectivity index is 0.000000197. The van der Waals surface area contributed by atoms with Gasteiger partial charge in [-0.3, -0.25) is 4.79 Å². The van der Waals surface area contributed by atoms with E-state index in [2.05, 4.69) is 5.32 Å². The van der Waals surface area contributed by atoms with Gasteiger partial charge in [0.1, 0.15) is 5.25 Å². The van der Waals surface area contributed by atoms with E-state index in [4.69, 9.17) is 10.9 Å². The Morgan fingerprint density at radius 2 is 1.58 bits per heavy atom. The van der Waals surface area contributed by atoms with Gasteiger partial charge in [0.05, 0.1) is 0 Å². The summed E-state index contributed by atoms with van der Waals surface area (Å²) in [7, 11) is -3.52. The van der Waals surface area contributed by atoms with Gasteiger partial charge in [-0.15, -0.1) is 0 Å². The first-order valence-electron chi connectivity index (χ1n) is 7.93. The fraction of sp³-hybridized carbons (Fsp3) is 0.105. The van der Waals surface area contributed by atoms with E-state index in [1.165, 1.54) is 0 Å². The third-order valence-electron chi connectivity index (χ3n) is 3.61. The number of nitrogens with two attached hydrogens (primary N) is 2. The molecule has 1 atom stereocenters. The van der Waals surface area contributed by atoms with Crippen molar-refractivity contribution in [2.45, 2.75) is 11.7 Å². The van der Waals surface area contributed by atoms with Crippen molar-refractivity contribution in [3.8, 4) is 0 Å². The highest BCUT2D eigenvalue weighted by Crippen LogP contribution is 2.14. The van der Waals surface area contributed by atoms with Crippen molar-refractivity contribution in [1.29, 1.82) is 0 Å². The second-order valence-electron chi connectivity index (χ2n) is 5.59. The maximum atomic E-state index is 11.7. The summed E-state index contributed by atoms with van der Waals surface area (Å²) in [6.45, 7) is 0. The number of sulfonamides is 1. The van der Waals surface area contributed by atoms with E-state index in [-0.39, 0.29) is 5.91 Å². The van der Waals surface area contributed by atoms with Crippen molar-refractivity contribution in [3.05, 3.63) is 90.2 Å². The number of rotatable bonds is 3. The first kappa shape index (κ1) is 19.4. The number of primary sulfonamides is 1. The molecule has 0 fully saturated rings. The molecule has 5 N–H and O–H groups in total. The van der Waals surface area contributed by atoms with E-state index >= 15 is 0 Å². The molecule has 0 radical (unpaired) electrons. The number of nitrogens with one attached hydrogen (secondary N) is 1. The van der Waals surface area contributed by atoms with Crippen LogP contribution in [0.25, 0.3) is 0 Å². The normalized spacial score (nSPS) is 16.0. The number of amides is 1. The summed E-state index contributed by atoms with van der Waals surface area (Å²) in [5, 5.41) is 7.01. The van der Waals surface area contributed by atoms with Crippen molar-refractivity contribution in [1.82, 2.24) is 0 Å². The summed E-state index contributed by atoms with van der Waals surface area (Å²) in [6, 6.07) is 18.6. The number of para-hydroxylation sites is 1. The largest absolute Gasteiger partial charge is 0.401 e. The number of carbonyl (C=O) groups is 1. The third kappa shape index (κ3) is 5.87. The summed E-state index contributed by atoms with van der Waals surface area (Å²) in [4.78, 5) is 11.7. The van der Waals surface area contributed by atoms with E-state index in [1.54, 1.807) is 30.4 Å². The lowest BCUT2D eigenvalue weighted by Gasteiger charge is -2.14. The summed E-state index contributed by atoms with van der Waals surface area (Å²) in [5.41, 5.74) is 7.21. The molecule has 136 valence electrons. The topological polar surface area (TPSA) is 115 Å². The van der Waals surface area contributed by atoms with Gasteiger partial charge in [-0.05, 0) is 36.8 Å². The van der Waals surface area contributed by atoms with E-state index < -0.39 is 15.3 Å². The summed E-state index contributed by atoms with van der Waals surface area (Å²) < 4.78 is 21.6. The van der Waals surface area contributed by atoms with Crippen LogP contribution in [0.3, 0.4) is 0 Å². The number of hydrogen-bond acceptors (Lipinski definition) is 4. The number of allylic oxidation sites excluding steroid dienone is 3. The van der Waals surface area contributed by atoms with Gasteiger partial charge in [0.15, 0.2) is 0 Å². The standard InChI is InChI=1S/C13H11NO.C6H10N2O2S/c15-13(11-7-3-1-4-8-11)14-12-9-5-2-6-10-12;7-5-3-1-2-4-6(5)11(8,9)10/h1-10H,(H,14,15);1-3,6H,4,7H2,(H2,8,9,10). The van der Waals surface area contributed by atoms with Crippen molar-refractivity contribution < 1.29 is 13.2 Å². The van der Waals surface area contributed by atoms with Gasteiger partial charge in [0.25, 0.3) is 5.91 Å². The summed E-state index contributed by atoms with van der Waals surface area (Å²) in [6.07, 6.45) is 5.38. The maximum absolute atomic E-state index is 11.7. The molecule has 2 aromatic carbocycles. The smallest absolute Gasteiger partial charge is 0.255 e. The molecular formula is C19H21N3O3S. The lowest BCUT2D eigenvalue weighted by molar-refractivity contribution is 0.102. The van der Waals surface area contributed by atoms with Gasteiger partial charge in [-0.2, -0.15) is 0 Å². The van der Waals surface area contributed by atoms with Crippen molar-refractivity contribution >= 4 is 21.6 Å². The molecule has 1 aliphatic carbocycles. The maximum Gasteiger partial charge on any atom is 0.255 e. The Bertz CT molecular complexity index is 892. The van der Waals surface area contributed by atoms with Crippen LogP contribution in [-0.2, 0) is 10.0 Å². The fourth-order valence-electron chi connectivity index (χ4n) is 2.26. The molecule has 0 saturated carbocycles. The van der Waals surface area contributed by atoms with Gasteiger partial charge >= 0.3 is 0 Å². The Hall–Kier alpha value is -2.90. The molecule has 26 heavy (non-hydrogen) atoms. The Labute approximate surface area is 153 Å². The molecule has 7 heteroatoms. The Morgan fingerprint density at radius 3 is 2.08 bits per heavy atom. The molecule has 0 spiro atoms. The number of carbonyl (C=O) groups excluding carboxylic acids is 1. The zero-order chi connectivity index (χ0) is 19.0. The van der Waals surface area contributed by atoms with Crippen LogP contribution in [0.1, 0.15) is 16.8 Å². The van der Waals surface area contributed by atoms with E-state index in [0.29, 0.717) is 17.7 Å². The monoisotopic (exact) mass is 371 g/mol. The molecule has 1 aliphatic rings. The van der Waals surface area contributed by atoms with Crippen LogP contribution in [-0.4, -0.2) is 19.6 Å². The van der Waals surface area contributed by atoms with Crippen LogP contribution < -0.4 is 16.2 Å². The van der Waals surface area contributed by atoms with Crippen LogP contribution in [0.5, 0.6) is 0 Å². The second kappa shape index (κ2) is 8.98. The molecule has 0 saturated heterocycles. The van der Waals surface area contributed by atoms with Gasteiger partial charge < -0.3 is 11.1 Å². The minimum Gasteiger partial charge on any atom is -0.401 e. The van der Waals surface area contributed by atoms with Gasteiger partial charge in [-0.25, -0.2) is 13.6 Å². The van der Waals surface area contributed by atoms with Gasteiger partial charge in [-0.1, -0.05) is 48.6 Å². The van der Waals surface area contributed by atoms with E-state index in [0.717, 1.165) is 5.69 Å². The number of anilines is 1. The summed E-state index contributed by atoms with van der Waals surface area (Å²) in [5.74, 6) is -0.0817. The van der Waals surface area contributed by atoms with Gasteiger partial charge in [0.2, 0.25) is 10.0 Å². The number of benzene rings is 2. The molecule has 0 heterocycles. The van der Waals surface area contributed by atoms with Crippen LogP contribution in [0.15, 0.2) is 84.6 Å². The van der Waals surface area contributed by atoms with E-state index in [9.17, 15) is 13.2 Å². The highest BCUT2D eigenvalue weighted by molar-refractivity contribution is 7.90. The molecule has 1 amide bonds. The zero-order valence-electron chi connectivity index (χ0n) is 14.1. The molecule has 6 nitrogen and oxygen atoms in total. The third-order valence-corrected chi connectivity index (χ3v) is 4.87. The molecule has 2 aromatic rings. The first-order valence-corrected chi connectivity index (χ1v) is 9.54. The minimum absolute atomic E-state index is 0.0817. The molecular weight excluding hydrogens is 350 g/mol. The molecule has 1 unspecified atom stereocenters. The lowest BCUT2D eigenvalue weighted by atomic mass is 10.1. The van der Waals surface area contributed by atoms with Crippen molar-refractivity contribution in [2.75, 3.05) is 5.32 Å². The predicted molar refractivity (Wildman–Crippen MR) is 104 cm³/mol. The second-order valence-corrected chi connectivity index (χ2v) is 7.34. The van der Waals surface area contributed by atoms with Crippen LogP contribution in [0, 0.1) is 0 Å². The minimum atomic E-state index is -3.52. The van der Waals surface area contributed by atoms with Crippen molar-refractivity contribution in [2.24, 2.45) is 10.9 Å². The highest BCUT2D eigenvalue weighted by Gasteiger charge is 2.23. The Morgan fingerprint density at radius 1 is 1.00 bits per heavy atom. The lowest BCUT2D eigenvalue weighted by Crippen LogP contribution is -2.33. The average molecular weight is 371 g/mol. The predicted octanol–water partition coefficient (Wildman–Crippen LogP) is 2.38. The molecule has 0 aromatic heterocycles.